The number of fused-ring (bicyclic) bond motifs is 1. The van der Waals surface area contributed by atoms with Gasteiger partial charge in [0.15, 0.2) is 5.82 Å². The van der Waals surface area contributed by atoms with Crippen LogP contribution in [0.5, 0.6) is 0 Å². The Bertz CT molecular complexity index is 357. The lowest BCUT2D eigenvalue weighted by Gasteiger charge is -2.16. The van der Waals surface area contributed by atoms with Crippen molar-refractivity contribution in [1.29, 1.82) is 0 Å². The fraction of sp³-hybridized carbons (Fsp3) is 0.833. The minimum atomic E-state index is 0.696. The molecule has 0 N–H and O–H groups in total. The van der Waals surface area contributed by atoms with E-state index >= 15 is 0 Å². The van der Waals surface area contributed by atoms with Crippen LogP contribution in [0, 0.1) is 23.7 Å². The third-order valence-electron chi connectivity index (χ3n) is 4.34. The highest BCUT2D eigenvalue weighted by molar-refractivity contribution is 5.18. The molecule has 1 heterocycles. The molecule has 1 aromatic rings. The van der Waals surface area contributed by atoms with Crippen LogP contribution < -0.4 is 0 Å². The van der Waals surface area contributed by atoms with E-state index in [1.807, 2.05) is 18.1 Å². The molecular formula is C12H19N3. The highest BCUT2D eigenvalue weighted by Crippen LogP contribution is 2.65. The molecule has 3 nitrogen and oxygen atoms in total. The second-order valence-electron chi connectivity index (χ2n) is 5.61. The first-order chi connectivity index (χ1) is 7.16. The molecule has 3 heteroatoms. The topological polar surface area (TPSA) is 30.7 Å². The molecule has 2 aliphatic rings. The Morgan fingerprint density at radius 2 is 2.00 bits per heavy atom. The largest absolute Gasteiger partial charge is 0.256 e. The van der Waals surface area contributed by atoms with Crippen LogP contribution in [0.1, 0.15) is 38.4 Å². The summed E-state index contributed by atoms with van der Waals surface area (Å²) in [4.78, 5) is 4.38. The molecule has 15 heavy (non-hydrogen) atoms. The highest BCUT2D eigenvalue weighted by atomic mass is 15.3. The number of aromatic nitrogens is 3. The van der Waals surface area contributed by atoms with Crippen LogP contribution >= 0.6 is 0 Å². The van der Waals surface area contributed by atoms with Crippen molar-refractivity contribution in [2.75, 3.05) is 0 Å². The molecule has 0 saturated heterocycles. The van der Waals surface area contributed by atoms with E-state index in [0.717, 1.165) is 29.5 Å². The Labute approximate surface area is 90.9 Å². The van der Waals surface area contributed by atoms with Gasteiger partial charge in [-0.05, 0) is 36.5 Å². The zero-order chi connectivity index (χ0) is 10.6. The molecule has 0 amide bonds. The second-order valence-corrected chi connectivity index (χ2v) is 5.61. The standard InChI is InChI=1S/C12H19N3/c1-7(2)8-4-9-10(5-8)11(9)12-13-6-15(3)14-12/h6-11H,4-5H2,1-3H3/t8?,9-,10+,11?. The molecular weight excluding hydrogens is 186 g/mol. The molecule has 0 bridgehead atoms. The van der Waals surface area contributed by atoms with Gasteiger partial charge in [0.05, 0.1) is 0 Å². The van der Waals surface area contributed by atoms with Gasteiger partial charge in [0, 0.05) is 13.0 Å². The Morgan fingerprint density at radius 3 is 2.47 bits per heavy atom. The zero-order valence-corrected chi connectivity index (χ0v) is 9.72. The maximum atomic E-state index is 4.43. The van der Waals surface area contributed by atoms with Gasteiger partial charge in [-0.3, -0.25) is 4.68 Å². The van der Waals surface area contributed by atoms with Gasteiger partial charge in [-0.2, -0.15) is 5.10 Å². The van der Waals surface area contributed by atoms with Gasteiger partial charge >= 0.3 is 0 Å². The van der Waals surface area contributed by atoms with E-state index in [0.29, 0.717) is 5.92 Å². The molecule has 3 rings (SSSR count). The molecule has 1 aromatic heterocycles. The van der Waals surface area contributed by atoms with Crippen molar-refractivity contribution in [2.45, 2.75) is 32.6 Å². The van der Waals surface area contributed by atoms with Crippen LogP contribution in [0.2, 0.25) is 0 Å². The average molecular weight is 205 g/mol. The van der Waals surface area contributed by atoms with Crippen LogP contribution in [0.25, 0.3) is 0 Å². The Kier molecular flexibility index (Phi) is 1.91. The van der Waals surface area contributed by atoms with Gasteiger partial charge in [-0.25, -0.2) is 4.98 Å². The maximum absolute atomic E-state index is 4.43. The van der Waals surface area contributed by atoms with E-state index in [-0.39, 0.29) is 0 Å². The van der Waals surface area contributed by atoms with E-state index < -0.39 is 0 Å². The predicted molar refractivity (Wildman–Crippen MR) is 58.3 cm³/mol. The zero-order valence-electron chi connectivity index (χ0n) is 9.72. The normalized spacial score (nSPS) is 38.4. The van der Waals surface area contributed by atoms with Crippen molar-refractivity contribution < 1.29 is 0 Å². The van der Waals surface area contributed by atoms with Gasteiger partial charge in [0.25, 0.3) is 0 Å². The quantitative estimate of drug-likeness (QED) is 0.741. The van der Waals surface area contributed by atoms with Gasteiger partial charge in [-0.1, -0.05) is 13.8 Å². The smallest absolute Gasteiger partial charge is 0.154 e. The van der Waals surface area contributed by atoms with Gasteiger partial charge in [0.2, 0.25) is 0 Å². The SMILES string of the molecule is CC(C)C1C[C@@H]2C(c3ncn(C)n3)[C@@H]2C1. The van der Waals surface area contributed by atoms with Crippen molar-refractivity contribution in [3.8, 4) is 0 Å². The summed E-state index contributed by atoms with van der Waals surface area (Å²) in [6.45, 7) is 4.70. The summed E-state index contributed by atoms with van der Waals surface area (Å²) < 4.78 is 1.82. The number of rotatable bonds is 2. The van der Waals surface area contributed by atoms with Crippen LogP contribution in [0.15, 0.2) is 6.33 Å². The van der Waals surface area contributed by atoms with E-state index in [9.17, 15) is 0 Å². The number of hydrogen-bond donors (Lipinski definition) is 0. The molecule has 2 aliphatic carbocycles. The van der Waals surface area contributed by atoms with E-state index in [1.165, 1.54) is 12.8 Å². The minimum Gasteiger partial charge on any atom is -0.256 e. The van der Waals surface area contributed by atoms with Crippen LogP contribution in [-0.2, 0) is 7.05 Å². The van der Waals surface area contributed by atoms with Crippen LogP contribution in [0.3, 0.4) is 0 Å². The van der Waals surface area contributed by atoms with Crippen LogP contribution in [0.4, 0.5) is 0 Å². The van der Waals surface area contributed by atoms with E-state index in [4.69, 9.17) is 0 Å². The minimum absolute atomic E-state index is 0.696. The molecule has 2 saturated carbocycles. The third-order valence-corrected chi connectivity index (χ3v) is 4.34. The second kappa shape index (κ2) is 3.06. The Balaban J connectivity index is 1.68. The van der Waals surface area contributed by atoms with Gasteiger partial charge in [0.1, 0.15) is 6.33 Å². The van der Waals surface area contributed by atoms with Gasteiger partial charge in [-0.15, -0.1) is 0 Å². The molecule has 2 fully saturated rings. The summed E-state index contributed by atoms with van der Waals surface area (Å²) in [6.07, 6.45) is 4.64. The first kappa shape index (κ1) is 9.37. The lowest BCUT2D eigenvalue weighted by atomic mass is 9.89. The molecule has 4 atom stereocenters. The summed E-state index contributed by atoms with van der Waals surface area (Å²) in [5.74, 6) is 5.41. The molecule has 0 aliphatic heterocycles. The molecule has 82 valence electrons. The Hall–Kier alpha value is -0.860. The highest BCUT2D eigenvalue weighted by Gasteiger charge is 2.58. The Morgan fingerprint density at radius 1 is 1.33 bits per heavy atom. The van der Waals surface area contributed by atoms with E-state index in [1.54, 1.807) is 0 Å². The first-order valence-electron chi connectivity index (χ1n) is 6.02. The lowest BCUT2D eigenvalue weighted by Crippen LogP contribution is -2.08. The van der Waals surface area contributed by atoms with Crippen molar-refractivity contribution in [2.24, 2.45) is 30.7 Å². The fourth-order valence-corrected chi connectivity index (χ4v) is 3.32. The van der Waals surface area contributed by atoms with Crippen molar-refractivity contribution in [3.05, 3.63) is 12.2 Å². The summed E-state index contributed by atoms with van der Waals surface area (Å²) in [7, 11) is 1.95. The van der Waals surface area contributed by atoms with Crippen molar-refractivity contribution >= 4 is 0 Å². The molecule has 2 unspecified atom stereocenters. The first-order valence-corrected chi connectivity index (χ1v) is 6.02. The monoisotopic (exact) mass is 205 g/mol. The van der Waals surface area contributed by atoms with Gasteiger partial charge < -0.3 is 0 Å². The maximum Gasteiger partial charge on any atom is 0.154 e. The molecule has 0 aromatic carbocycles. The summed E-state index contributed by atoms with van der Waals surface area (Å²) in [6, 6.07) is 0. The number of nitrogens with zero attached hydrogens (tertiary/aromatic N) is 3. The average Bonchev–Trinajstić information content (AvgIpc) is 2.62. The fourth-order valence-electron chi connectivity index (χ4n) is 3.32. The summed E-state index contributed by atoms with van der Waals surface area (Å²) >= 11 is 0. The summed E-state index contributed by atoms with van der Waals surface area (Å²) in [5, 5.41) is 4.43. The predicted octanol–water partition coefficient (Wildman–Crippen LogP) is 2.21. The summed E-state index contributed by atoms with van der Waals surface area (Å²) in [5.41, 5.74) is 0. The van der Waals surface area contributed by atoms with Crippen LogP contribution in [-0.4, -0.2) is 14.8 Å². The third kappa shape index (κ3) is 1.40. The van der Waals surface area contributed by atoms with E-state index in [2.05, 4.69) is 23.9 Å². The molecule has 0 spiro atoms. The number of aryl methyl sites for hydroxylation is 1. The number of hydrogen-bond acceptors (Lipinski definition) is 2. The molecule has 0 radical (unpaired) electrons. The van der Waals surface area contributed by atoms with Crippen molar-refractivity contribution in [3.63, 3.8) is 0 Å². The lowest BCUT2D eigenvalue weighted by molar-refractivity contribution is 0.351. The van der Waals surface area contributed by atoms with Crippen molar-refractivity contribution in [1.82, 2.24) is 14.8 Å².